The van der Waals surface area contributed by atoms with Crippen molar-refractivity contribution in [1.29, 1.82) is 0 Å². The van der Waals surface area contributed by atoms with Gasteiger partial charge in [0.1, 0.15) is 12.4 Å². The van der Waals surface area contributed by atoms with E-state index < -0.39 is 5.41 Å². The third-order valence-electron chi connectivity index (χ3n) is 5.36. The topological polar surface area (TPSA) is 65.7 Å². The molecule has 1 heterocycles. The van der Waals surface area contributed by atoms with Crippen LogP contribution in [0.4, 0.5) is 0 Å². The second-order valence-electron chi connectivity index (χ2n) is 9.25. The second kappa shape index (κ2) is 10.8. The third kappa shape index (κ3) is 5.79. The molecule has 0 fully saturated rings. The van der Waals surface area contributed by atoms with Crippen LogP contribution >= 0.6 is 27.5 Å². The molecule has 0 radical (unpaired) electrons. The molecule has 186 valence electrons. The molecule has 36 heavy (non-hydrogen) atoms. The van der Waals surface area contributed by atoms with E-state index in [1.807, 2.05) is 70.2 Å². The highest BCUT2D eigenvalue weighted by Gasteiger charge is 2.23. The van der Waals surface area contributed by atoms with Crippen molar-refractivity contribution in [1.82, 2.24) is 9.66 Å². The zero-order valence-electron chi connectivity index (χ0n) is 20.6. The molecule has 0 amide bonds. The number of rotatable bonds is 7. The number of benzene rings is 3. The number of hydrogen-bond donors (Lipinski definition) is 0. The first kappa shape index (κ1) is 25.9. The minimum Gasteiger partial charge on any atom is -0.490 e. The number of nitrogens with zero attached hydrogens (tertiary/aromatic N) is 3. The Hall–Kier alpha value is -3.16. The van der Waals surface area contributed by atoms with Crippen molar-refractivity contribution >= 4 is 44.6 Å². The van der Waals surface area contributed by atoms with Gasteiger partial charge in [-0.25, -0.2) is 4.98 Å². The minimum atomic E-state index is -0.416. The van der Waals surface area contributed by atoms with Crippen LogP contribution in [0.5, 0.6) is 11.5 Å². The number of aromatic nitrogens is 2. The predicted molar refractivity (Wildman–Crippen MR) is 149 cm³/mol. The Morgan fingerprint density at radius 1 is 1.08 bits per heavy atom. The van der Waals surface area contributed by atoms with E-state index in [1.54, 1.807) is 24.4 Å². The molecular formula is C28H27BrClN3O3. The Labute approximate surface area is 223 Å². The van der Waals surface area contributed by atoms with Crippen molar-refractivity contribution in [2.75, 3.05) is 6.61 Å². The highest BCUT2D eigenvalue weighted by molar-refractivity contribution is 9.10. The lowest BCUT2D eigenvalue weighted by molar-refractivity contribution is 0.269. The summed E-state index contributed by atoms with van der Waals surface area (Å²) in [6.45, 7) is 8.67. The molecule has 0 saturated heterocycles. The molecule has 0 spiro atoms. The molecule has 3 aromatic carbocycles. The number of halogens is 2. The summed E-state index contributed by atoms with van der Waals surface area (Å²) in [6, 6.07) is 18.8. The normalized spacial score (nSPS) is 11.8. The number of fused-ring (bicyclic) bond motifs is 1. The standard InChI is InChI=1S/C28H27BrClN3O3/c1-5-35-24-14-19(13-22(30)25(24)36-17-18-9-7-6-8-10-18)16-31-33-26(34)21-15-20(29)11-12-23(21)32-27(33)28(2,3)4/h6-16H,5,17H2,1-4H3. The fourth-order valence-electron chi connectivity index (χ4n) is 3.66. The van der Waals surface area contributed by atoms with Gasteiger partial charge in [0.05, 0.1) is 28.7 Å². The Morgan fingerprint density at radius 3 is 2.53 bits per heavy atom. The zero-order chi connectivity index (χ0) is 25.9. The van der Waals surface area contributed by atoms with Crippen LogP contribution in [0.2, 0.25) is 5.02 Å². The van der Waals surface area contributed by atoms with E-state index in [9.17, 15) is 4.79 Å². The summed E-state index contributed by atoms with van der Waals surface area (Å²) in [5.74, 6) is 1.52. The molecule has 0 aliphatic carbocycles. The van der Waals surface area contributed by atoms with Gasteiger partial charge in [0.15, 0.2) is 11.5 Å². The van der Waals surface area contributed by atoms with Gasteiger partial charge < -0.3 is 9.47 Å². The van der Waals surface area contributed by atoms with E-state index >= 15 is 0 Å². The van der Waals surface area contributed by atoms with Gasteiger partial charge in [0, 0.05) is 9.89 Å². The van der Waals surface area contributed by atoms with E-state index in [0.29, 0.717) is 52.0 Å². The van der Waals surface area contributed by atoms with E-state index in [4.69, 9.17) is 26.1 Å². The van der Waals surface area contributed by atoms with Crippen LogP contribution in [0.15, 0.2) is 75.0 Å². The summed E-state index contributed by atoms with van der Waals surface area (Å²) in [5, 5.41) is 5.40. The Morgan fingerprint density at radius 2 is 1.83 bits per heavy atom. The van der Waals surface area contributed by atoms with Gasteiger partial charge in [0.2, 0.25) is 0 Å². The van der Waals surface area contributed by atoms with Gasteiger partial charge in [-0.05, 0) is 48.4 Å². The van der Waals surface area contributed by atoms with Crippen LogP contribution in [0.1, 0.15) is 44.6 Å². The smallest absolute Gasteiger partial charge is 0.282 e. The van der Waals surface area contributed by atoms with E-state index in [1.165, 1.54) is 4.68 Å². The monoisotopic (exact) mass is 567 g/mol. The molecule has 1 aromatic heterocycles. The van der Waals surface area contributed by atoms with Gasteiger partial charge in [-0.2, -0.15) is 9.78 Å². The lowest BCUT2D eigenvalue weighted by Crippen LogP contribution is -2.29. The molecule has 4 aromatic rings. The molecule has 0 unspecified atom stereocenters. The third-order valence-corrected chi connectivity index (χ3v) is 6.13. The van der Waals surface area contributed by atoms with E-state index in [0.717, 1.165) is 10.0 Å². The average molecular weight is 569 g/mol. The second-order valence-corrected chi connectivity index (χ2v) is 10.6. The summed E-state index contributed by atoms with van der Waals surface area (Å²) in [7, 11) is 0. The van der Waals surface area contributed by atoms with Crippen LogP contribution in [-0.2, 0) is 12.0 Å². The fraction of sp³-hybridized carbons (Fsp3) is 0.250. The maximum absolute atomic E-state index is 13.4. The maximum atomic E-state index is 13.4. The summed E-state index contributed by atoms with van der Waals surface area (Å²) in [6.07, 6.45) is 1.58. The molecular weight excluding hydrogens is 542 g/mol. The Kier molecular flexibility index (Phi) is 7.81. The molecule has 0 saturated carbocycles. The summed E-state index contributed by atoms with van der Waals surface area (Å²) >= 11 is 10.0. The number of hydrogen-bond acceptors (Lipinski definition) is 5. The largest absolute Gasteiger partial charge is 0.490 e. The molecule has 8 heteroatoms. The Balaban J connectivity index is 1.74. The van der Waals surface area contributed by atoms with Gasteiger partial charge in [-0.1, -0.05) is 78.6 Å². The molecule has 0 aliphatic rings. The summed E-state index contributed by atoms with van der Waals surface area (Å²) < 4.78 is 14.0. The van der Waals surface area contributed by atoms with Crippen molar-refractivity contribution in [3.8, 4) is 11.5 Å². The molecule has 6 nitrogen and oxygen atoms in total. The first-order valence-electron chi connectivity index (χ1n) is 11.6. The van der Waals surface area contributed by atoms with Crippen molar-refractivity contribution in [2.45, 2.75) is 39.7 Å². The van der Waals surface area contributed by atoms with Crippen LogP contribution in [-0.4, -0.2) is 22.5 Å². The Bertz CT molecular complexity index is 1480. The lowest BCUT2D eigenvalue weighted by Gasteiger charge is -2.21. The maximum Gasteiger partial charge on any atom is 0.282 e. The highest BCUT2D eigenvalue weighted by Crippen LogP contribution is 2.37. The predicted octanol–water partition coefficient (Wildman–Crippen LogP) is 6.97. The van der Waals surface area contributed by atoms with Crippen molar-refractivity contribution < 1.29 is 9.47 Å². The first-order chi connectivity index (χ1) is 17.2. The molecule has 0 aliphatic heterocycles. The molecule has 0 N–H and O–H groups in total. The molecule has 0 bridgehead atoms. The van der Waals surface area contributed by atoms with Gasteiger partial charge in [-0.3, -0.25) is 4.79 Å². The van der Waals surface area contributed by atoms with Crippen LogP contribution in [0, 0.1) is 0 Å². The number of ether oxygens (including phenoxy) is 2. The quantitative estimate of drug-likeness (QED) is 0.226. The highest BCUT2D eigenvalue weighted by atomic mass is 79.9. The van der Waals surface area contributed by atoms with Crippen molar-refractivity contribution in [3.05, 3.63) is 97.5 Å². The fourth-order valence-corrected chi connectivity index (χ4v) is 4.30. The van der Waals surface area contributed by atoms with Crippen molar-refractivity contribution in [3.63, 3.8) is 0 Å². The average Bonchev–Trinajstić information content (AvgIpc) is 2.83. The zero-order valence-corrected chi connectivity index (χ0v) is 22.9. The van der Waals surface area contributed by atoms with Gasteiger partial charge in [-0.15, -0.1) is 0 Å². The van der Waals surface area contributed by atoms with Crippen LogP contribution in [0.25, 0.3) is 10.9 Å². The molecule has 0 atom stereocenters. The van der Waals surface area contributed by atoms with E-state index in [-0.39, 0.29) is 5.56 Å². The van der Waals surface area contributed by atoms with Crippen LogP contribution < -0.4 is 15.0 Å². The summed E-state index contributed by atoms with van der Waals surface area (Å²) in [4.78, 5) is 18.1. The summed E-state index contributed by atoms with van der Waals surface area (Å²) in [5.41, 5.74) is 1.64. The van der Waals surface area contributed by atoms with Gasteiger partial charge in [0.25, 0.3) is 5.56 Å². The van der Waals surface area contributed by atoms with Crippen molar-refractivity contribution in [2.24, 2.45) is 5.10 Å². The lowest BCUT2D eigenvalue weighted by atomic mass is 9.95. The minimum absolute atomic E-state index is 0.249. The molecule has 4 rings (SSSR count). The first-order valence-corrected chi connectivity index (χ1v) is 12.7. The van der Waals surface area contributed by atoms with E-state index in [2.05, 4.69) is 21.0 Å². The van der Waals surface area contributed by atoms with Gasteiger partial charge >= 0.3 is 0 Å². The van der Waals surface area contributed by atoms with Crippen LogP contribution in [0.3, 0.4) is 0 Å². The SMILES string of the molecule is CCOc1cc(C=Nn2c(C(C)(C)C)nc3ccc(Br)cc3c2=O)cc(Cl)c1OCc1ccccc1.